The maximum absolute atomic E-state index is 13.4. The van der Waals surface area contributed by atoms with Gasteiger partial charge in [-0.05, 0) is 72.7 Å². The van der Waals surface area contributed by atoms with E-state index in [1.54, 1.807) is 50.6 Å². The van der Waals surface area contributed by atoms with E-state index in [9.17, 15) is 9.59 Å². The van der Waals surface area contributed by atoms with Gasteiger partial charge in [0.1, 0.15) is 18.0 Å². The van der Waals surface area contributed by atoms with Gasteiger partial charge in [-0.3, -0.25) is 14.5 Å². The summed E-state index contributed by atoms with van der Waals surface area (Å²) in [5.74, 6) is 0.857. The summed E-state index contributed by atoms with van der Waals surface area (Å²) >= 11 is 5.57. The van der Waals surface area contributed by atoms with Crippen LogP contribution in [0.3, 0.4) is 0 Å². The first-order valence-electron chi connectivity index (χ1n) is 9.65. The minimum absolute atomic E-state index is 0.176. The third kappa shape index (κ3) is 4.38. The van der Waals surface area contributed by atoms with Crippen molar-refractivity contribution >= 4 is 41.0 Å². The van der Waals surface area contributed by atoms with Gasteiger partial charge in [0.15, 0.2) is 16.6 Å². The number of hydrogen-bond acceptors (Lipinski definition) is 7. The number of rotatable bonds is 7. The first kappa shape index (κ1) is 23.1. The Hall–Kier alpha value is -3.59. The molecule has 1 saturated heterocycles. The monoisotopic (exact) mass is 456 g/mol. The van der Waals surface area contributed by atoms with Crippen molar-refractivity contribution in [3.63, 3.8) is 0 Å². The highest BCUT2D eigenvalue weighted by atomic mass is 32.1. The average Bonchev–Trinajstić information content (AvgIpc) is 3.03. The number of methoxy groups -OCH3 is 4. The van der Waals surface area contributed by atoms with Crippen LogP contribution in [-0.4, -0.2) is 56.9 Å². The highest BCUT2D eigenvalue weighted by Gasteiger charge is 2.40. The largest absolute Gasteiger partial charge is 0.497 e. The first-order valence-corrected chi connectivity index (χ1v) is 10.1. The molecular weight excluding hydrogens is 432 g/mol. The summed E-state index contributed by atoms with van der Waals surface area (Å²) in [6.45, 7) is 1.68. The summed E-state index contributed by atoms with van der Waals surface area (Å²) in [5, 5.41) is 0.176. The fraction of sp³-hybridized carbons (Fsp3) is 0.261. The lowest BCUT2D eigenvalue weighted by Crippen LogP contribution is -2.35. The highest BCUT2D eigenvalue weighted by Crippen LogP contribution is 2.34. The molecule has 168 valence electrons. The number of benzene rings is 2. The van der Waals surface area contributed by atoms with Crippen LogP contribution in [0, 0.1) is 6.92 Å². The molecule has 1 aliphatic rings. The first-order chi connectivity index (χ1) is 15.3. The van der Waals surface area contributed by atoms with E-state index in [0.717, 1.165) is 11.1 Å². The van der Waals surface area contributed by atoms with Gasteiger partial charge >= 0.3 is 5.97 Å². The number of thiocarbonyl (C=S) groups is 1. The van der Waals surface area contributed by atoms with Gasteiger partial charge in [0.05, 0.1) is 34.1 Å². The molecule has 8 nitrogen and oxygen atoms in total. The number of ether oxygens (including phenoxy) is 4. The van der Waals surface area contributed by atoms with Crippen LogP contribution in [0.25, 0.3) is 6.08 Å². The standard InChI is InChI=1S/C23H24N2O6S/c1-14-10-19(29-3)20(30-4)12-15(14)11-18-22(27)25(16-6-8-17(28-2)9-7-16)23(32)24(18)13-21(26)31-5/h6-12H,13H2,1-5H3/b18-11-. The van der Waals surface area contributed by atoms with Gasteiger partial charge in [-0.15, -0.1) is 0 Å². The molecule has 1 heterocycles. The molecule has 0 N–H and O–H groups in total. The van der Waals surface area contributed by atoms with Crippen molar-refractivity contribution in [1.82, 2.24) is 4.90 Å². The maximum atomic E-state index is 13.4. The summed E-state index contributed by atoms with van der Waals surface area (Å²) in [4.78, 5) is 28.3. The fourth-order valence-corrected chi connectivity index (χ4v) is 3.64. The van der Waals surface area contributed by atoms with Crippen LogP contribution in [0.4, 0.5) is 5.69 Å². The zero-order chi connectivity index (χ0) is 23.4. The second kappa shape index (κ2) is 9.69. The molecule has 32 heavy (non-hydrogen) atoms. The van der Waals surface area contributed by atoms with Crippen molar-refractivity contribution in [2.75, 3.05) is 39.9 Å². The Morgan fingerprint density at radius 1 is 1.00 bits per heavy atom. The van der Waals surface area contributed by atoms with Crippen LogP contribution >= 0.6 is 12.2 Å². The quantitative estimate of drug-likeness (QED) is 0.357. The van der Waals surface area contributed by atoms with E-state index in [-0.39, 0.29) is 23.3 Å². The van der Waals surface area contributed by atoms with E-state index in [4.69, 9.17) is 31.2 Å². The molecule has 0 atom stereocenters. The molecule has 0 bridgehead atoms. The predicted molar refractivity (Wildman–Crippen MR) is 124 cm³/mol. The third-order valence-electron chi connectivity index (χ3n) is 5.05. The molecule has 0 radical (unpaired) electrons. The topological polar surface area (TPSA) is 77.5 Å². The second-order valence-corrected chi connectivity index (χ2v) is 7.24. The van der Waals surface area contributed by atoms with E-state index in [1.165, 1.54) is 24.0 Å². The van der Waals surface area contributed by atoms with Gasteiger partial charge in [-0.25, -0.2) is 0 Å². The normalized spacial score (nSPS) is 14.7. The van der Waals surface area contributed by atoms with Gasteiger partial charge < -0.3 is 23.8 Å². The fourth-order valence-electron chi connectivity index (χ4n) is 3.28. The van der Waals surface area contributed by atoms with E-state index < -0.39 is 5.97 Å². The van der Waals surface area contributed by atoms with E-state index in [2.05, 4.69) is 0 Å². The maximum Gasteiger partial charge on any atom is 0.325 e. The van der Waals surface area contributed by atoms with Gasteiger partial charge in [-0.2, -0.15) is 0 Å². The lowest BCUT2D eigenvalue weighted by Gasteiger charge is -2.19. The number of anilines is 1. The summed E-state index contributed by atoms with van der Waals surface area (Å²) < 4.78 is 20.7. The van der Waals surface area contributed by atoms with Crippen molar-refractivity contribution in [3.8, 4) is 17.2 Å². The Morgan fingerprint density at radius 2 is 1.62 bits per heavy atom. The predicted octanol–water partition coefficient (Wildman–Crippen LogP) is 3.17. The molecule has 3 rings (SSSR count). The zero-order valence-corrected chi connectivity index (χ0v) is 19.3. The molecular formula is C23H24N2O6S. The number of aryl methyl sites for hydroxylation is 1. The SMILES string of the molecule is COC(=O)CN1C(=S)N(c2ccc(OC)cc2)C(=O)/C1=C/c1cc(OC)c(OC)cc1C. The minimum atomic E-state index is -0.522. The van der Waals surface area contributed by atoms with Crippen LogP contribution in [-0.2, 0) is 14.3 Å². The Kier molecular flexibility index (Phi) is 6.99. The minimum Gasteiger partial charge on any atom is -0.497 e. The lowest BCUT2D eigenvalue weighted by atomic mass is 10.1. The Balaban J connectivity index is 2.09. The summed E-state index contributed by atoms with van der Waals surface area (Å²) in [7, 11) is 5.94. The molecule has 1 fully saturated rings. The van der Waals surface area contributed by atoms with Crippen molar-refractivity contribution in [2.45, 2.75) is 6.92 Å². The van der Waals surface area contributed by atoms with Crippen LogP contribution in [0.1, 0.15) is 11.1 Å². The highest BCUT2D eigenvalue weighted by molar-refractivity contribution is 7.80. The molecule has 2 aromatic carbocycles. The number of hydrogen-bond donors (Lipinski definition) is 0. The van der Waals surface area contributed by atoms with Crippen molar-refractivity contribution < 1.29 is 28.5 Å². The van der Waals surface area contributed by atoms with Crippen molar-refractivity contribution in [1.29, 1.82) is 0 Å². The van der Waals surface area contributed by atoms with Crippen LogP contribution < -0.4 is 19.1 Å². The Morgan fingerprint density at radius 3 is 2.19 bits per heavy atom. The number of esters is 1. The van der Waals surface area contributed by atoms with Gasteiger partial charge in [0.25, 0.3) is 5.91 Å². The number of nitrogens with zero attached hydrogens (tertiary/aromatic N) is 2. The molecule has 9 heteroatoms. The number of carbonyl (C=O) groups is 2. The van der Waals surface area contributed by atoms with E-state index >= 15 is 0 Å². The molecule has 0 spiro atoms. The molecule has 0 aromatic heterocycles. The molecule has 2 aromatic rings. The van der Waals surface area contributed by atoms with Crippen molar-refractivity contribution in [3.05, 3.63) is 53.2 Å². The molecule has 0 aliphatic carbocycles. The number of carbonyl (C=O) groups excluding carboxylic acids is 2. The second-order valence-electron chi connectivity index (χ2n) is 6.88. The van der Waals surface area contributed by atoms with E-state index in [0.29, 0.717) is 22.9 Å². The Labute approximate surface area is 191 Å². The molecule has 0 saturated carbocycles. The summed E-state index contributed by atoms with van der Waals surface area (Å²) in [6.07, 6.45) is 1.68. The van der Waals surface area contributed by atoms with Crippen LogP contribution in [0.5, 0.6) is 17.2 Å². The summed E-state index contributed by atoms with van der Waals surface area (Å²) in [5.41, 5.74) is 2.38. The molecule has 0 unspecified atom stereocenters. The van der Waals surface area contributed by atoms with Gasteiger partial charge in [0, 0.05) is 0 Å². The zero-order valence-electron chi connectivity index (χ0n) is 18.5. The summed E-state index contributed by atoms with van der Waals surface area (Å²) in [6, 6.07) is 10.5. The van der Waals surface area contributed by atoms with Crippen LogP contribution in [0.2, 0.25) is 0 Å². The molecule has 1 amide bonds. The third-order valence-corrected chi connectivity index (χ3v) is 5.45. The smallest absolute Gasteiger partial charge is 0.325 e. The van der Waals surface area contributed by atoms with Gasteiger partial charge in [0.2, 0.25) is 0 Å². The molecule has 1 aliphatic heterocycles. The average molecular weight is 457 g/mol. The van der Waals surface area contributed by atoms with Gasteiger partial charge in [-0.1, -0.05) is 0 Å². The number of amides is 1. The van der Waals surface area contributed by atoms with E-state index in [1.807, 2.05) is 13.0 Å². The lowest BCUT2D eigenvalue weighted by molar-refractivity contribution is -0.140. The Bertz CT molecular complexity index is 1080. The van der Waals surface area contributed by atoms with Crippen LogP contribution in [0.15, 0.2) is 42.1 Å². The van der Waals surface area contributed by atoms with Crippen molar-refractivity contribution in [2.24, 2.45) is 0 Å².